The summed E-state index contributed by atoms with van der Waals surface area (Å²) >= 11 is 0. The summed E-state index contributed by atoms with van der Waals surface area (Å²) in [4.78, 5) is 16.0. The van der Waals surface area contributed by atoms with Crippen molar-refractivity contribution in [3.63, 3.8) is 0 Å². The van der Waals surface area contributed by atoms with Crippen LogP contribution < -0.4 is 10.4 Å². The van der Waals surface area contributed by atoms with Crippen molar-refractivity contribution in [3.05, 3.63) is 51.5 Å². The second-order valence-corrected chi connectivity index (χ2v) is 5.65. The number of nitrogens with zero attached hydrogens (tertiary/aromatic N) is 2. The first-order chi connectivity index (χ1) is 12.1. The minimum Gasteiger partial charge on any atom is -0.483 e. The van der Waals surface area contributed by atoms with Gasteiger partial charge in [0.15, 0.2) is 12.4 Å². The molecule has 0 saturated heterocycles. The summed E-state index contributed by atoms with van der Waals surface area (Å²) < 4.78 is 21.3. The molecule has 7 nitrogen and oxygen atoms in total. The fraction of sp³-hybridized carbons (Fsp3) is 0.389. The van der Waals surface area contributed by atoms with Crippen molar-refractivity contribution in [2.75, 3.05) is 13.7 Å². The highest BCUT2D eigenvalue weighted by Gasteiger charge is 2.13. The number of rotatable bonds is 7. The number of ether oxygens (including phenoxy) is 2. The number of hydrogen-bond donors (Lipinski definition) is 0. The van der Waals surface area contributed by atoms with Crippen LogP contribution >= 0.6 is 0 Å². The highest BCUT2D eigenvalue weighted by molar-refractivity contribution is 5.84. The third-order valence-electron chi connectivity index (χ3n) is 3.97. The predicted octanol–water partition coefficient (Wildman–Crippen LogP) is 2.81. The Balaban J connectivity index is 1.81. The number of benzene rings is 1. The molecule has 7 heteroatoms. The van der Waals surface area contributed by atoms with Crippen molar-refractivity contribution in [3.8, 4) is 5.75 Å². The highest BCUT2D eigenvalue weighted by atomic mass is 16.5. The molecular formula is C18H20N2O5. The maximum absolute atomic E-state index is 11.7. The lowest BCUT2D eigenvalue weighted by Gasteiger charge is -2.10. The first-order valence-electron chi connectivity index (χ1n) is 8.12. The van der Waals surface area contributed by atoms with E-state index in [2.05, 4.69) is 10.1 Å². The number of aryl methyl sites for hydroxylation is 2. The molecule has 3 rings (SSSR count). The maximum Gasteiger partial charge on any atom is 0.336 e. The average molecular weight is 344 g/mol. The van der Waals surface area contributed by atoms with Gasteiger partial charge < -0.3 is 18.4 Å². The molecule has 0 saturated carbocycles. The van der Waals surface area contributed by atoms with Crippen LogP contribution in [0.25, 0.3) is 11.0 Å². The van der Waals surface area contributed by atoms with E-state index in [-0.39, 0.29) is 12.2 Å². The predicted molar refractivity (Wildman–Crippen MR) is 90.8 cm³/mol. The Kier molecular flexibility index (Phi) is 5.14. The molecule has 1 aromatic carbocycles. The molecule has 2 heterocycles. The minimum absolute atomic E-state index is 0.143. The molecule has 2 aromatic heterocycles. The largest absolute Gasteiger partial charge is 0.483 e. The number of fused-ring (bicyclic) bond motifs is 1. The molecule has 132 valence electrons. The van der Waals surface area contributed by atoms with E-state index in [1.807, 2.05) is 26.0 Å². The second kappa shape index (κ2) is 7.48. The smallest absolute Gasteiger partial charge is 0.336 e. The Morgan fingerprint density at radius 2 is 2.12 bits per heavy atom. The Morgan fingerprint density at radius 3 is 2.88 bits per heavy atom. The monoisotopic (exact) mass is 344 g/mol. The van der Waals surface area contributed by atoms with E-state index in [9.17, 15) is 4.79 Å². The molecule has 0 spiro atoms. The van der Waals surface area contributed by atoms with Crippen molar-refractivity contribution < 1.29 is 18.4 Å². The van der Waals surface area contributed by atoms with E-state index in [1.165, 1.54) is 6.07 Å². The zero-order chi connectivity index (χ0) is 17.8. The van der Waals surface area contributed by atoms with Gasteiger partial charge in [-0.3, -0.25) is 0 Å². The van der Waals surface area contributed by atoms with Gasteiger partial charge in [0.1, 0.15) is 11.3 Å². The van der Waals surface area contributed by atoms with Crippen LogP contribution in [0, 0.1) is 6.92 Å². The summed E-state index contributed by atoms with van der Waals surface area (Å²) in [6.45, 7) is 4.54. The van der Waals surface area contributed by atoms with Gasteiger partial charge in [-0.2, -0.15) is 4.98 Å². The molecule has 25 heavy (non-hydrogen) atoms. The van der Waals surface area contributed by atoms with Crippen molar-refractivity contribution >= 4 is 11.0 Å². The molecule has 0 radical (unpaired) electrons. The summed E-state index contributed by atoms with van der Waals surface area (Å²) in [5.41, 5.74) is 1.92. The molecule has 0 unspecified atom stereocenters. The lowest BCUT2D eigenvalue weighted by molar-refractivity contribution is 0.199. The Bertz CT molecular complexity index is 929. The second-order valence-electron chi connectivity index (χ2n) is 5.65. The zero-order valence-corrected chi connectivity index (χ0v) is 14.5. The van der Waals surface area contributed by atoms with Crippen molar-refractivity contribution in [2.24, 2.45) is 0 Å². The molecule has 0 bridgehead atoms. The van der Waals surface area contributed by atoms with Gasteiger partial charge in [0, 0.05) is 30.5 Å². The van der Waals surface area contributed by atoms with E-state index in [4.69, 9.17) is 18.4 Å². The molecule has 0 amide bonds. The van der Waals surface area contributed by atoms with Crippen LogP contribution in [0.5, 0.6) is 5.75 Å². The molecule has 0 aliphatic rings. The third kappa shape index (κ3) is 3.71. The first-order valence-corrected chi connectivity index (χ1v) is 8.12. The number of hydrogen-bond acceptors (Lipinski definition) is 7. The van der Waals surface area contributed by atoms with Gasteiger partial charge in [0.2, 0.25) is 0 Å². The van der Waals surface area contributed by atoms with Gasteiger partial charge in [-0.25, -0.2) is 4.79 Å². The van der Waals surface area contributed by atoms with Gasteiger partial charge in [-0.15, -0.1) is 0 Å². The summed E-state index contributed by atoms with van der Waals surface area (Å²) in [6, 6.07) is 5.29. The first kappa shape index (κ1) is 17.2. The van der Waals surface area contributed by atoms with Gasteiger partial charge in [-0.05, 0) is 31.0 Å². The SMILES string of the molecule is CCc1cc(=O)oc2c(C)c(OCc3nc(CCOC)no3)ccc12. The standard InChI is InChI=1S/C18H20N2O5/c1-4-12-9-17(21)24-18-11(2)14(6-5-13(12)18)23-10-16-19-15(20-25-16)7-8-22-3/h5-6,9H,4,7-8,10H2,1-3H3. The van der Waals surface area contributed by atoms with Gasteiger partial charge >= 0.3 is 5.63 Å². The maximum atomic E-state index is 11.7. The van der Waals surface area contributed by atoms with Crippen LogP contribution in [0.3, 0.4) is 0 Å². The topological polar surface area (TPSA) is 87.6 Å². The summed E-state index contributed by atoms with van der Waals surface area (Å²) in [5.74, 6) is 1.57. The van der Waals surface area contributed by atoms with Gasteiger partial charge in [-0.1, -0.05) is 12.1 Å². The van der Waals surface area contributed by atoms with E-state index < -0.39 is 0 Å². The fourth-order valence-electron chi connectivity index (χ4n) is 2.64. The molecule has 0 aliphatic carbocycles. The van der Waals surface area contributed by atoms with E-state index in [1.54, 1.807) is 7.11 Å². The zero-order valence-electron chi connectivity index (χ0n) is 14.5. The highest BCUT2D eigenvalue weighted by Crippen LogP contribution is 2.29. The van der Waals surface area contributed by atoms with Crippen LogP contribution in [0.1, 0.15) is 29.8 Å². The van der Waals surface area contributed by atoms with Crippen molar-refractivity contribution in [1.29, 1.82) is 0 Å². The van der Waals surface area contributed by atoms with E-state index >= 15 is 0 Å². The molecule has 0 N–H and O–H groups in total. The van der Waals surface area contributed by atoms with Gasteiger partial charge in [0.25, 0.3) is 5.89 Å². The normalized spacial score (nSPS) is 11.2. The quantitative estimate of drug-likeness (QED) is 0.609. The van der Waals surface area contributed by atoms with E-state index in [0.717, 1.165) is 22.9 Å². The molecule has 0 aliphatic heterocycles. The summed E-state index contributed by atoms with van der Waals surface area (Å²) in [6.07, 6.45) is 1.34. The van der Waals surface area contributed by atoms with Crippen LogP contribution in [0.15, 0.2) is 31.9 Å². The lowest BCUT2D eigenvalue weighted by atomic mass is 10.0. The van der Waals surface area contributed by atoms with Gasteiger partial charge in [0.05, 0.1) is 6.61 Å². The van der Waals surface area contributed by atoms with E-state index in [0.29, 0.717) is 36.1 Å². The number of aromatic nitrogens is 2. The Labute approximate surface area is 144 Å². The Morgan fingerprint density at radius 1 is 1.28 bits per heavy atom. The minimum atomic E-state index is -0.357. The van der Waals surface area contributed by atoms with Crippen molar-refractivity contribution in [2.45, 2.75) is 33.3 Å². The molecule has 3 aromatic rings. The molecule has 0 atom stereocenters. The summed E-state index contributed by atoms with van der Waals surface area (Å²) in [5, 5.41) is 4.79. The number of methoxy groups -OCH3 is 1. The third-order valence-corrected chi connectivity index (χ3v) is 3.97. The van der Waals surface area contributed by atoms with Crippen LogP contribution in [0.2, 0.25) is 0 Å². The van der Waals surface area contributed by atoms with Crippen LogP contribution in [-0.4, -0.2) is 23.9 Å². The van der Waals surface area contributed by atoms with Crippen molar-refractivity contribution in [1.82, 2.24) is 10.1 Å². The lowest BCUT2D eigenvalue weighted by Crippen LogP contribution is -2.03. The molecule has 0 fully saturated rings. The summed E-state index contributed by atoms with van der Waals surface area (Å²) in [7, 11) is 1.62. The van der Waals surface area contributed by atoms with Crippen LogP contribution in [0.4, 0.5) is 0 Å². The van der Waals surface area contributed by atoms with Crippen LogP contribution in [-0.2, 0) is 24.2 Å². The average Bonchev–Trinajstić information content (AvgIpc) is 3.07. The fourth-order valence-corrected chi connectivity index (χ4v) is 2.64. The Hall–Kier alpha value is -2.67. The molecular weight excluding hydrogens is 324 g/mol.